The molecule has 5 atom stereocenters. The monoisotopic (exact) mass is 937 g/mol. The summed E-state index contributed by atoms with van der Waals surface area (Å²) in [5.41, 5.74) is 15.3. The van der Waals surface area contributed by atoms with Crippen molar-refractivity contribution in [3.63, 3.8) is 0 Å². The second-order valence-electron chi connectivity index (χ2n) is 19.3. The van der Waals surface area contributed by atoms with E-state index in [0.29, 0.717) is 23.7 Å². The number of nitrogens with one attached hydrogen (secondary N) is 4. The number of unbranched alkanes of at least 4 members (excludes halogenated alkanes) is 3. The number of benzene rings is 6. The van der Waals surface area contributed by atoms with Gasteiger partial charge in [0.15, 0.2) is 0 Å². The van der Waals surface area contributed by atoms with Crippen LogP contribution in [0, 0.1) is 0 Å². The zero-order valence-corrected chi connectivity index (χ0v) is 42.4. The molecule has 0 radical (unpaired) electrons. The van der Waals surface area contributed by atoms with Gasteiger partial charge in [-0.3, -0.25) is 0 Å². The summed E-state index contributed by atoms with van der Waals surface area (Å²) in [6.07, 6.45) is 9.89. The Morgan fingerprint density at radius 3 is 1.17 bits per heavy atom. The summed E-state index contributed by atoms with van der Waals surface area (Å²) in [7, 11) is 0. The molecule has 0 bridgehead atoms. The van der Waals surface area contributed by atoms with E-state index in [9.17, 15) is 9.59 Å². The van der Waals surface area contributed by atoms with E-state index in [1.807, 2.05) is 20.8 Å². The van der Waals surface area contributed by atoms with Gasteiger partial charge in [-0.1, -0.05) is 168 Å². The van der Waals surface area contributed by atoms with Crippen molar-refractivity contribution in [3.05, 3.63) is 190 Å². The van der Waals surface area contributed by atoms with Crippen LogP contribution in [0.2, 0.25) is 0 Å². The van der Waals surface area contributed by atoms with Crippen LogP contribution in [-0.2, 0) is 0 Å². The van der Waals surface area contributed by atoms with Crippen molar-refractivity contribution in [2.75, 3.05) is 53.2 Å². The number of hydrogen-bond acceptors (Lipinski definition) is 4. The molecule has 0 spiro atoms. The van der Waals surface area contributed by atoms with Gasteiger partial charge in [0.1, 0.15) is 0 Å². The first-order valence-corrected chi connectivity index (χ1v) is 26.6. The Morgan fingerprint density at radius 2 is 0.843 bits per heavy atom. The molecule has 8 heteroatoms. The third kappa shape index (κ3) is 11.7. The molecule has 4 N–H and O–H groups in total. The van der Waals surface area contributed by atoms with E-state index in [-0.39, 0.29) is 18.1 Å². The fraction of sp³-hybridized carbons (Fsp3) is 0.387. The average Bonchev–Trinajstić information content (AvgIpc) is 3.40. The summed E-state index contributed by atoms with van der Waals surface area (Å²) in [6, 6.07) is 52.1. The Morgan fingerprint density at radius 1 is 0.500 bits per heavy atom. The summed E-state index contributed by atoms with van der Waals surface area (Å²) in [5.74, 6) is 1.36. The minimum Gasteiger partial charge on any atom is -0.371 e. The van der Waals surface area contributed by atoms with Crippen molar-refractivity contribution in [1.29, 1.82) is 0 Å². The van der Waals surface area contributed by atoms with Gasteiger partial charge in [0.25, 0.3) is 0 Å². The topological polar surface area (TPSA) is 88.7 Å². The summed E-state index contributed by atoms with van der Waals surface area (Å²) >= 11 is 0. The maximum Gasteiger partial charge on any atom is 0.319 e. The second kappa shape index (κ2) is 24.3. The number of hydrogen-bond donors (Lipinski definition) is 4. The molecule has 0 saturated carbocycles. The predicted octanol–water partition coefficient (Wildman–Crippen LogP) is 14.8. The highest BCUT2D eigenvalue weighted by Gasteiger charge is 2.37. The lowest BCUT2D eigenvalue weighted by molar-refractivity contribution is 0.248. The highest BCUT2D eigenvalue weighted by molar-refractivity contribution is 5.91. The van der Waals surface area contributed by atoms with Gasteiger partial charge in [-0.05, 0) is 114 Å². The first-order chi connectivity index (χ1) is 34.4. The van der Waals surface area contributed by atoms with Crippen molar-refractivity contribution < 1.29 is 9.59 Å². The second-order valence-corrected chi connectivity index (χ2v) is 19.3. The molecule has 6 aromatic carbocycles. The van der Waals surface area contributed by atoms with Crippen molar-refractivity contribution >= 4 is 34.8 Å². The van der Waals surface area contributed by atoms with Gasteiger partial charge in [-0.2, -0.15) is 0 Å². The van der Waals surface area contributed by atoms with Crippen LogP contribution in [0.4, 0.5) is 32.3 Å². The van der Waals surface area contributed by atoms with Crippen LogP contribution in [0.1, 0.15) is 161 Å². The molecule has 8 nitrogen and oxygen atoms in total. The molecular formula is C62H76N6O2. The molecule has 4 aliphatic heterocycles. The summed E-state index contributed by atoms with van der Waals surface area (Å²) in [5, 5.41) is 12.4. The van der Waals surface area contributed by atoms with Gasteiger partial charge in [-0.25, -0.2) is 9.59 Å². The number of nitrogens with zero attached hydrogens (tertiary/aromatic N) is 2. The fourth-order valence-electron chi connectivity index (χ4n) is 11.3. The first kappa shape index (κ1) is 49.9. The Labute approximate surface area is 418 Å². The molecule has 6 aromatic rings. The zero-order chi connectivity index (χ0) is 48.8. The van der Waals surface area contributed by atoms with Crippen LogP contribution in [0.5, 0.6) is 0 Å². The molecule has 4 heterocycles. The predicted molar refractivity (Wildman–Crippen MR) is 293 cm³/mol. The molecule has 4 aliphatic rings. The van der Waals surface area contributed by atoms with Crippen LogP contribution in [0.15, 0.2) is 146 Å². The van der Waals surface area contributed by atoms with Crippen molar-refractivity contribution in [1.82, 2.24) is 10.6 Å². The van der Waals surface area contributed by atoms with Gasteiger partial charge in [0.2, 0.25) is 0 Å². The Hall–Kier alpha value is -6.54. The quantitative estimate of drug-likeness (QED) is 0.0869. The highest BCUT2D eigenvalue weighted by atomic mass is 16.2. The Bertz CT molecular complexity index is 2460. The largest absolute Gasteiger partial charge is 0.371 e. The van der Waals surface area contributed by atoms with E-state index in [2.05, 4.69) is 191 Å². The third-order valence-corrected chi connectivity index (χ3v) is 14.9. The van der Waals surface area contributed by atoms with E-state index in [4.69, 9.17) is 0 Å². The van der Waals surface area contributed by atoms with E-state index in [1.54, 1.807) is 0 Å². The van der Waals surface area contributed by atoms with Crippen LogP contribution in [0.25, 0.3) is 0 Å². The molecule has 0 aliphatic carbocycles. The number of rotatable bonds is 13. The lowest BCUT2D eigenvalue weighted by Crippen LogP contribution is -2.38. The van der Waals surface area contributed by atoms with Crippen molar-refractivity contribution in [2.24, 2.45) is 0 Å². The normalized spacial score (nSPS) is 18.8. The molecule has 70 heavy (non-hydrogen) atoms. The minimum absolute atomic E-state index is 0.107. The van der Waals surface area contributed by atoms with E-state index >= 15 is 0 Å². The van der Waals surface area contributed by atoms with Gasteiger partial charge >= 0.3 is 12.1 Å². The molecule has 0 aromatic heterocycles. The van der Waals surface area contributed by atoms with Gasteiger partial charge in [0.05, 0.1) is 0 Å². The van der Waals surface area contributed by atoms with E-state index in [1.165, 1.54) is 68.7 Å². The maximum atomic E-state index is 12.8. The Balaban J connectivity index is 0.000000182. The van der Waals surface area contributed by atoms with Crippen LogP contribution in [-0.4, -0.2) is 50.8 Å². The van der Waals surface area contributed by atoms with Gasteiger partial charge in [-0.15, -0.1) is 0 Å². The summed E-state index contributed by atoms with van der Waals surface area (Å²) < 4.78 is 0. The zero-order valence-electron chi connectivity index (χ0n) is 42.4. The Kier molecular flexibility index (Phi) is 17.3. The maximum absolute atomic E-state index is 12.8. The van der Waals surface area contributed by atoms with E-state index in [0.717, 1.165) is 89.0 Å². The van der Waals surface area contributed by atoms with E-state index < -0.39 is 0 Å². The smallest absolute Gasteiger partial charge is 0.319 e. The number of amides is 4. The number of carbonyl (C=O) groups is 2. The lowest BCUT2D eigenvalue weighted by atomic mass is 9.76. The molecule has 0 fully saturated rings. The van der Waals surface area contributed by atoms with Crippen molar-refractivity contribution in [3.8, 4) is 0 Å². The minimum atomic E-state index is -0.132. The molecule has 5 unspecified atom stereocenters. The average molecular weight is 937 g/mol. The van der Waals surface area contributed by atoms with Crippen LogP contribution >= 0.6 is 0 Å². The molecule has 366 valence electrons. The number of anilines is 4. The first-order valence-electron chi connectivity index (χ1n) is 26.6. The standard InChI is InChI=1S/C31H37N3O.C29H33N3O.C2H6/c1-2-3-4-11-18-32-31(35)33-25-21-28-26(23-12-7-5-8-13-23)16-19-34-20-17-27(29(22-25)30(28)34)24-14-9-6-10-15-24;1-3-20(2)30-29(33)31-23-18-26-24(21-10-6-4-7-11-21)14-16-32-17-15-25(27(19-23)28(26)32)22-12-8-5-9-13-22;1-2/h5-10,12-15,21-22,26-27H,2-4,11,16-20H2,1H3,(H2,32,33,35);4-13,18-20,24-25H,3,14-17H2,1-2H3,(H2,30,31,33);1-2H3. The summed E-state index contributed by atoms with van der Waals surface area (Å²) in [6.45, 7) is 15.3. The molecular weight excluding hydrogens is 861 g/mol. The fourth-order valence-corrected chi connectivity index (χ4v) is 11.3. The van der Waals surface area contributed by atoms with Crippen LogP contribution in [0.3, 0.4) is 0 Å². The molecule has 4 amide bonds. The highest BCUT2D eigenvalue weighted by Crippen LogP contribution is 2.51. The van der Waals surface area contributed by atoms with Gasteiger partial charge < -0.3 is 31.1 Å². The third-order valence-electron chi connectivity index (χ3n) is 14.9. The number of urea groups is 2. The van der Waals surface area contributed by atoms with Gasteiger partial charge in [0, 0.05) is 85.2 Å². The lowest BCUT2D eigenvalue weighted by Gasteiger charge is -2.43. The molecule has 0 saturated heterocycles. The summed E-state index contributed by atoms with van der Waals surface area (Å²) in [4.78, 5) is 30.6. The molecule has 10 rings (SSSR count). The van der Waals surface area contributed by atoms with Crippen molar-refractivity contribution in [2.45, 2.75) is 122 Å². The van der Waals surface area contributed by atoms with Crippen LogP contribution < -0.4 is 31.1 Å². The SMILES string of the molecule is CC.CCC(C)NC(=O)Nc1cc2c3c(c1)C(c1ccccc1)CCN3CCC2c1ccccc1.CCCCCCNC(=O)Nc1cc2c3c(c1)C(c1ccccc1)CCN3CCC2c1ccccc1. The number of carbonyl (C=O) groups excluding carboxylic acids is 2.